The molecule has 0 fully saturated rings. The zero-order chi connectivity index (χ0) is 18.3. The molecular formula is C21H20N4O. The third-order valence-corrected chi connectivity index (χ3v) is 4.52. The van der Waals surface area contributed by atoms with Gasteiger partial charge in [-0.05, 0) is 38.5 Å². The molecule has 1 aromatic carbocycles. The lowest BCUT2D eigenvalue weighted by molar-refractivity contribution is 0.0987. The fourth-order valence-electron chi connectivity index (χ4n) is 3.12. The number of fused-ring (bicyclic) bond motifs is 1. The van der Waals surface area contributed by atoms with E-state index in [4.69, 9.17) is 4.98 Å². The van der Waals surface area contributed by atoms with Gasteiger partial charge in [0.25, 0.3) is 0 Å². The van der Waals surface area contributed by atoms with Crippen LogP contribution in [0.2, 0.25) is 0 Å². The van der Waals surface area contributed by atoms with Crippen molar-refractivity contribution >= 4 is 11.4 Å². The third-order valence-electron chi connectivity index (χ3n) is 4.52. The monoisotopic (exact) mass is 344 g/mol. The summed E-state index contributed by atoms with van der Waals surface area (Å²) in [6, 6.07) is 14.0. The molecule has 1 N–H and O–H groups in total. The highest BCUT2D eigenvalue weighted by Crippen LogP contribution is 2.26. The average Bonchev–Trinajstić information content (AvgIpc) is 3.20. The number of H-pyrrole nitrogens is 1. The maximum atomic E-state index is 12.8. The van der Waals surface area contributed by atoms with Crippen LogP contribution in [0.15, 0.2) is 48.7 Å². The molecule has 3 heterocycles. The van der Waals surface area contributed by atoms with E-state index in [9.17, 15) is 4.79 Å². The van der Waals surface area contributed by atoms with E-state index in [2.05, 4.69) is 41.4 Å². The summed E-state index contributed by atoms with van der Waals surface area (Å²) in [6.45, 7) is 5.96. The number of Topliss-reactive ketones (excluding diaryl/α,β-unsaturated/α-hetero) is 1. The molecule has 0 aliphatic heterocycles. The van der Waals surface area contributed by atoms with Gasteiger partial charge >= 0.3 is 0 Å². The first-order valence-corrected chi connectivity index (χ1v) is 8.61. The van der Waals surface area contributed by atoms with Gasteiger partial charge in [-0.1, -0.05) is 35.9 Å². The Morgan fingerprint density at radius 1 is 1.04 bits per heavy atom. The number of carbonyl (C=O) groups excluding carboxylic acids is 1. The van der Waals surface area contributed by atoms with Gasteiger partial charge in [-0.2, -0.15) is 5.10 Å². The first-order valence-electron chi connectivity index (χ1n) is 8.61. The maximum absolute atomic E-state index is 12.8. The SMILES string of the molecule is Cc1ccc(-c2nc3ccc(C)cn3c2CC(=O)c2cc(C)n[nH]2)cc1. The van der Waals surface area contributed by atoms with Gasteiger partial charge in [-0.15, -0.1) is 0 Å². The summed E-state index contributed by atoms with van der Waals surface area (Å²) in [5.74, 6) is 0.00210. The number of nitrogens with zero attached hydrogens (tertiary/aromatic N) is 3. The highest BCUT2D eigenvalue weighted by Gasteiger charge is 2.19. The van der Waals surface area contributed by atoms with Crippen LogP contribution in [0.1, 0.15) is 33.0 Å². The lowest BCUT2D eigenvalue weighted by Gasteiger charge is -2.05. The zero-order valence-electron chi connectivity index (χ0n) is 15.1. The Morgan fingerprint density at radius 2 is 1.77 bits per heavy atom. The summed E-state index contributed by atoms with van der Waals surface area (Å²) >= 11 is 0. The van der Waals surface area contributed by atoms with Gasteiger partial charge in [0, 0.05) is 11.8 Å². The van der Waals surface area contributed by atoms with Crippen LogP contribution in [0.25, 0.3) is 16.9 Å². The number of pyridine rings is 1. The molecule has 4 aromatic rings. The summed E-state index contributed by atoms with van der Waals surface area (Å²) in [5, 5.41) is 6.88. The summed E-state index contributed by atoms with van der Waals surface area (Å²) in [6.07, 6.45) is 2.29. The van der Waals surface area contributed by atoms with Crippen molar-refractivity contribution in [2.75, 3.05) is 0 Å². The molecule has 0 aliphatic carbocycles. The largest absolute Gasteiger partial charge is 0.303 e. The molecular weight excluding hydrogens is 324 g/mol. The van der Waals surface area contributed by atoms with Gasteiger partial charge < -0.3 is 4.40 Å². The van der Waals surface area contributed by atoms with Crippen molar-refractivity contribution in [2.45, 2.75) is 27.2 Å². The molecule has 0 saturated heterocycles. The Labute approximate surface area is 151 Å². The number of aromatic nitrogens is 4. The first-order chi connectivity index (χ1) is 12.5. The molecule has 130 valence electrons. The summed E-state index contributed by atoms with van der Waals surface area (Å²) < 4.78 is 2.02. The van der Waals surface area contributed by atoms with Crippen molar-refractivity contribution in [3.05, 3.63) is 76.9 Å². The molecule has 4 rings (SSSR count). The third kappa shape index (κ3) is 2.92. The van der Waals surface area contributed by atoms with Crippen LogP contribution in [0.5, 0.6) is 0 Å². The smallest absolute Gasteiger partial charge is 0.186 e. The van der Waals surface area contributed by atoms with Gasteiger partial charge in [0.15, 0.2) is 5.78 Å². The standard InChI is InChI=1S/C21H20N4O/c1-13-4-7-16(8-5-13)21-18(11-19(26)17-10-15(3)23-24-17)25-12-14(2)6-9-20(25)22-21/h4-10,12H,11H2,1-3H3,(H,23,24). The van der Waals surface area contributed by atoms with Crippen LogP contribution in [-0.4, -0.2) is 25.4 Å². The summed E-state index contributed by atoms with van der Waals surface area (Å²) in [4.78, 5) is 17.6. The van der Waals surface area contributed by atoms with Crippen LogP contribution in [0, 0.1) is 20.8 Å². The molecule has 0 radical (unpaired) electrons. The number of nitrogens with one attached hydrogen (secondary N) is 1. The fourth-order valence-corrected chi connectivity index (χ4v) is 3.12. The number of rotatable bonds is 4. The van der Waals surface area contributed by atoms with Gasteiger partial charge in [0.05, 0.1) is 23.5 Å². The zero-order valence-corrected chi connectivity index (χ0v) is 15.1. The molecule has 0 atom stereocenters. The van der Waals surface area contributed by atoms with E-state index < -0.39 is 0 Å². The lowest BCUT2D eigenvalue weighted by Crippen LogP contribution is -2.07. The predicted molar refractivity (Wildman–Crippen MR) is 101 cm³/mol. The first kappa shape index (κ1) is 16.3. The minimum Gasteiger partial charge on any atom is -0.303 e. The second kappa shape index (κ2) is 6.26. The normalized spacial score (nSPS) is 11.2. The van der Waals surface area contributed by atoms with E-state index >= 15 is 0 Å². The van der Waals surface area contributed by atoms with E-state index in [0.717, 1.165) is 33.9 Å². The minimum atomic E-state index is 0.00210. The molecule has 0 amide bonds. The van der Waals surface area contributed by atoms with Crippen molar-refractivity contribution in [1.29, 1.82) is 0 Å². The van der Waals surface area contributed by atoms with Gasteiger partial charge in [0.2, 0.25) is 0 Å². The van der Waals surface area contributed by atoms with Gasteiger partial charge in [-0.25, -0.2) is 4.98 Å². The van der Waals surface area contributed by atoms with Crippen LogP contribution in [0.3, 0.4) is 0 Å². The van der Waals surface area contributed by atoms with Crippen LogP contribution in [-0.2, 0) is 6.42 Å². The van der Waals surface area contributed by atoms with Crippen molar-refractivity contribution in [3.8, 4) is 11.3 Å². The van der Waals surface area contributed by atoms with Crippen LogP contribution < -0.4 is 0 Å². The highest BCUT2D eigenvalue weighted by molar-refractivity contribution is 5.96. The number of hydrogen-bond acceptors (Lipinski definition) is 3. The van der Waals surface area contributed by atoms with E-state index in [0.29, 0.717) is 5.69 Å². The van der Waals surface area contributed by atoms with Crippen LogP contribution >= 0.6 is 0 Å². The summed E-state index contributed by atoms with van der Waals surface area (Å²) in [5.41, 5.74) is 7.25. The highest BCUT2D eigenvalue weighted by atomic mass is 16.1. The number of carbonyl (C=O) groups is 1. The number of benzene rings is 1. The van der Waals surface area contributed by atoms with Crippen molar-refractivity contribution < 1.29 is 4.79 Å². The number of aromatic amines is 1. The Hall–Kier alpha value is -3.21. The maximum Gasteiger partial charge on any atom is 0.186 e. The topological polar surface area (TPSA) is 63.1 Å². The predicted octanol–water partition coefficient (Wildman–Crippen LogP) is 4.08. The Morgan fingerprint density at radius 3 is 2.46 bits per heavy atom. The molecule has 0 spiro atoms. The Balaban J connectivity index is 1.84. The number of imidazole rings is 1. The lowest BCUT2D eigenvalue weighted by atomic mass is 10.0. The van der Waals surface area contributed by atoms with E-state index in [1.807, 2.05) is 36.6 Å². The molecule has 26 heavy (non-hydrogen) atoms. The van der Waals surface area contributed by atoms with Gasteiger partial charge in [-0.3, -0.25) is 9.89 Å². The van der Waals surface area contributed by atoms with Crippen molar-refractivity contribution in [2.24, 2.45) is 0 Å². The molecule has 0 unspecified atom stereocenters. The van der Waals surface area contributed by atoms with Crippen molar-refractivity contribution in [3.63, 3.8) is 0 Å². The van der Waals surface area contributed by atoms with Crippen LogP contribution in [0.4, 0.5) is 0 Å². The summed E-state index contributed by atoms with van der Waals surface area (Å²) in [7, 11) is 0. The number of ketones is 1. The second-order valence-corrected chi connectivity index (χ2v) is 6.73. The number of aryl methyl sites for hydroxylation is 3. The fraction of sp³-hybridized carbons (Fsp3) is 0.190. The van der Waals surface area contributed by atoms with Crippen molar-refractivity contribution in [1.82, 2.24) is 19.6 Å². The van der Waals surface area contributed by atoms with E-state index in [1.54, 1.807) is 6.07 Å². The Kier molecular flexibility index (Phi) is 3.92. The molecule has 0 bridgehead atoms. The molecule has 5 nitrogen and oxygen atoms in total. The second-order valence-electron chi connectivity index (χ2n) is 6.73. The van der Waals surface area contributed by atoms with E-state index in [1.165, 1.54) is 5.56 Å². The Bertz CT molecular complexity index is 1100. The molecule has 0 aliphatic rings. The minimum absolute atomic E-state index is 0.00210. The average molecular weight is 344 g/mol. The van der Waals surface area contributed by atoms with Gasteiger partial charge in [0.1, 0.15) is 11.3 Å². The molecule has 3 aromatic heterocycles. The molecule has 5 heteroatoms. The van der Waals surface area contributed by atoms with E-state index in [-0.39, 0.29) is 12.2 Å². The number of hydrogen-bond donors (Lipinski definition) is 1. The molecule has 0 saturated carbocycles. The quantitative estimate of drug-likeness (QED) is 0.568.